The van der Waals surface area contributed by atoms with Gasteiger partial charge in [-0.25, -0.2) is 4.79 Å². The molecular weight excluding hydrogens is 316 g/mol. The van der Waals surface area contributed by atoms with Crippen LogP contribution in [0, 0.1) is 0 Å². The highest BCUT2D eigenvalue weighted by Crippen LogP contribution is 2.43. The molecule has 0 fully saturated rings. The van der Waals surface area contributed by atoms with Gasteiger partial charge in [0.2, 0.25) is 11.5 Å². The predicted octanol–water partition coefficient (Wildman–Crippen LogP) is 2.20. The van der Waals surface area contributed by atoms with Crippen molar-refractivity contribution in [3.05, 3.63) is 58.9 Å². The molecule has 3 rings (SSSR count). The molecule has 0 radical (unpaired) electrons. The molecule has 7 nitrogen and oxygen atoms in total. The molecular formula is C17H12O7. The monoisotopic (exact) mass is 328 g/mol. The third-order valence-corrected chi connectivity index (χ3v) is 3.61. The van der Waals surface area contributed by atoms with Gasteiger partial charge in [0, 0.05) is 0 Å². The zero-order valence-corrected chi connectivity index (χ0v) is 12.2. The van der Waals surface area contributed by atoms with Gasteiger partial charge in [0.1, 0.15) is 11.3 Å². The molecule has 1 aliphatic rings. The van der Waals surface area contributed by atoms with Crippen molar-refractivity contribution < 1.29 is 34.8 Å². The number of fused-ring (bicyclic) bond motifs is 1. The summed E-state index contributed by atoms with van der Waals surface area (Å²) in [6, 6.07) is 6.61. The lowest BCUT2D eigenvalue weighted by molar-refractivity contribution is 0.0693. The van der Waals surface area contributed by atoms with Crippen molar-refractivity contribution in [2.24, 2.45) is 0 Å². The first-order chi connectivity index (χ1) is 11.4. The van der Waals surface area contributed by atoms with E-state index in [0.29, 0.717) is 5.56 Å². The first kappa shape index (κ1) is 15.4. The van der Waals surface area contributed by atoms with Crippen LogP contribution in [0.15, 0.2) is 42.2 Å². The number of rotatable bonds is 3. The van der Waals surface area contributed by atoms with Gasteiger partial charge in [-0.1, -0.05) is 6.07 Å². The molecule has 0 spiro atoms. The molecule has 0 saturated heterocycles. The van der Waals surface area contributed by atoms with E-state index >= 15 is 0 Å². The van der Waals surface area contributed by atoms with Crippen molar-refractivity contribution in [2.75, 3.05) is 0 Å². The van der Waals surface area contributed by atoms with E-state index in [9.17, 15) is 24.9 Å². The lowest BCUT2D eigenvalue weighted by atomic mass is 10.1. The summed E-state index contributed by atoms with van der Waals surface area (Å²) in [5.74, 6) is -3.10. The van der Waals surface area contributed by atoms with Gasteiger partial charge in [0.05, 0.1) is 5.56 Å². The molecule has 1 heterocycles. The SMILES string of the molecule is O=C(O)c1cc(CC=C2Oc3c(ccc(O)c3O)C2=O)ccc1O. The van der Waals surface area contributed by atoms with Gasteiger partial charge < -0.3 is 25.2 Å². The van der Waals surface area contributed by atoms with E-state index in [1.165, 1.54) is 36.4 Å². The Morgan fingerprint density at radius 3 is 2.50 bits per heavy atom. The largest absolute Gasteiger partial charge is 0.507 e. The highest BCUT2D eigenvalue weighted by molar-refractivity contribution is 6.13. The number of hydrogen-bond donors (Lipinski definition) is 4. The number of ether oxygens (including phenoxy) is 1. The molecule has 2 aromatic rings. The molecule has 7 heteroatoms. The number of aromatic hydroxyl groups is 3. The number of carbonyl (C=O) groups is 2. The lowest BCUT2D eigenvalue weighted by Crippen LogP contribution is -2.01. The van der Waals surface area contributed by atoms with Crippen LogP contribution in [0.5, 0.6) is 23.0 Å². The number of phenols is 3. The molecule has 24 heavy (non-hydrogen) atoms. The minimum atomic E-state index is -1.26. The Kier molecular flexibility index (Phi) is 3.61. The van der Waals surface area contributed by atoms with E-state index < -0.39 is 23.3 Å². The number of phenolic OH excluding ortho intramolecular Hbond substituents is 2. The number of allylic oxidation sites excluding steroid dienone is 2. The van der Waals surface area contributed by atoms with Crippen LogP contribution in [0.25, 0.3) is 0 Å². The van der Waals surface area contributed by atoms with Gasteiger partial charge in [-0.2, -0.15) is 0 Å². The Labute approximate surface area is 135 Å². The molecule has 0 atom stereocenters. The van der Waals surface area contributed by atoms with Crippen LogP contribution in [-0.2, 0) is 6.42 Å². The number of carboxylic acids is 1. The first-order valence-electron chi connectivity index (χ1n) is 6.91. The minimum absolute atomic E-state index is 0.0316. The maximum Gasteiger partial charge on any atom is 0.339 e. The van der Waals surface area contributed by atoms with Gasteiger partial charge in [-0.15, -0.1) is 0 Å². The second kappa shape index (κ2) is 5.62. The quantitative estimate of drug-likeness (QED) is 0.503. The maximum absolute atomic E-state index is 12.2. The third kappa shape index (κ3) is 2.52. The molecule has 0 bridgehead atoms. The average Bonchev–Trinajstić information content (AvgIpc) is 2.87. The summed E-state index contributed by atoms with van der Waals surface area (Å²) in [4.78, 5) is 23.2. The Balaban J connectivity index is 1.87. The van der Waals surface area contributed by atoms with Crippen LogP contribution < -0.4 is 4.74 Å². The molecule has 0 unspecified atom stereocenters. The van der Waals surface area contributed by atoms with E-state index in [0.717, 1.165) is 0 Å². The Morgan fingerprint density at radius 1 is 1.08 bits per heavy atom. The summed E-state index contributed by atoms with van der Waals surface area (Å²) in [5, 5.41) is 37.6. The minimum Gasteiger partial charge on any atom is -0.507 e. The standard InChI is InChI=1S/C17H12O7/c18-11-4-1-8(7-10(11)17(22)23)2-6-13-14(20)9-3-5-12(19)15(21)16(9)24-13/h1,3-7,18-19,21H,2H2,(H,22,23). The van der Waals surface area contributed by atoms with E-state index in [2.05, 4.69) is 0 Å². The Bertz CT molecular complexity index is 896. The molecule has 0 amide bonds. The summed E-state index contributed by atoms with van der Waals surface area (Å²) >= 11 is 0. The summed E-state index contributed by atoms with van der Waals surface area (Å²) in [6.45, 7) is 0. The van der Waals surface area contributed by atoms with Crippen molar-refractivity contribution in [3.63, 3.8) is 0 Å². The number of carbonyl (C=O) groups excluding carboxylic acids is 1. The summed E-state index contributed by atoms with van der Waals surface area (Å²) < 4.78 is 5.29. The van der Waals surface area contributed by atoms with Gasteiger partial charge in [0.25, 0.3) is 0 Å². The van der Waals surface area contributed by atoms with Crippen LogP contribution in [0.1, 0.15) is 26.3 Å². The normalized spacial score (nSPS) is 14.5. The number of aromatic carboxylic acids is 1. The van der Waals surface area contributed by atoms with Crippen LogP contribution in [0.2, 0.25) is 0 Å². The van der Waals surface area contributed by atoms with Gasteiger partial charge in [0.15, 0.2) is 17.3 Å². The van der Waals surface area contributed by atoms with Crippen molar-refractivity contribution in [3.8, 4) is 23.0 Å². The summed E-state index contributed by atoms with van der Waals surface area (Å²) in [6.07, 6.45) is 1.62. The fourth-order valence-electron chi connectivity index (χ4n) is 2.36. The maximum atomic E-state index is 12.2. The zero-order valence-electron chi connectivity index (χ0n) is 12.2. The van der Waals surface area contributed by atoms with Crippen molar-refractivity contribution in [1.29, 1.82) is 0 Å². The first-order valence-corrected chi connectivity index (χ1v) is 6.91. The second-order valence-corrected chi connectivity index (χ2v) is 5.17. The van der Waals surface area contributed by atoms with Crippen LogP contribution in [0.3, 0.4) is 0 Å². The molecule has 0 saturated carbocycles. The van der Waals surface area contributed by atoms with E-state index in [-0.39, 0.29) is 34.8 Å². The Hall–Kier alpha value is -3.48. The number of benzene rings is 2. The van der Waals surface area contributed by atoms with Crippen LogP contribution >= 0.6 is 0 Å². The highest BCUT2D eigenvalue weighted by atomic mass is 16.5. The number of ketones is 1. The van der Waals surface area contributed by atoms with Crippen molar-refractivity contribution in [2.45, 2.75) is 6.42 Å². The van der Waals surface area contributed by atoms with Gasteiger partial charge >= 0.3 is 5.97 Å². The number of hydrogen-bond acceptors (Lipinski definition) is 6. The fraction of sp³-hybridized carbons (Fsp3) is 0.0588. The van der Waals surface area contributed by atoms with E-state index in [4.69, 9.17) is 9.84 Å². The predicted molar refractivity (Wildman–Crippen MR) is 81.6 cm³/mol. The number of Topliss-reactive ketones (excluding diaryl/α,β-unsaturated/α-hetero) is 1. The van der Waals surface area contributed by atoms with Crippen molar-refractivity contribution >= 4 is 11.8 Å². The average molecular weight is 328 g/mol. The molecule has 122 valence electrons. The van der Waals surface area contributed by atoms with Crippen LogP contribution in [0.4, 0.5) is 0 Å². The molecule has 1 aliphatic heterocycles. The lowest BCUT2D eigenvalue weighted by Gasteiger charge is -2.04. The summed E-state index contributed by atoms with van der Waals surface area (Å²) in [5.41, 5.74) is 0.445. The van der Waals surface area contributed by atoms with Gasteiger partial charge in [-0.05, 0) is 42.3 Å². The topological polar surface area (TPSA) is 124 Å². The van der Waals surface area contributed by atoms with Crippen molar-refractivity contribution in [1.82, 2.24) is 0 Å². The summed E-state index contributed by atoms with van der Waals surface area (Å²) in [7, 11) is 0. The molecule has 0 aliphatic carbocycles. The zero-order chi connectivity index (χ0) is 17.4. The van der Waals surface area contributed by atoms with Gasteiger partial charge in [-0.3, -0.25) is 4.79 Å². The van der Waals surface area contributed by atoms with E-state index in [1.807, 2.05) is 0 Å². The smallest absolute Gasteiger partial charge is 0.339 e. The van der Waals surface area contributed by atoms with Crippen LogP contribution in [-0.4, -0.2) is 32.2 Å². The highest BCUT2D eigenvalue weighted by Gasteiger charge is 2.31. The molecule has 2 aromatic carbocycles. The third-order valence-electron chi connectivity index (χ3n) is 3.61. The fourth-order valence-corrected chi connectivity index (χ4v) is 2.36. The number of carboxylic acid groups (broad SMARTS) is 1. The second-order valence-electron chi connectivity index (χ2n) is 5.17. The Morgan fingerprint density at radius 2 is 1.79 bits per heavy atom. The molecule has 0 aromatic heterocycles. The van der Waals surface area contributed by atoms with E-state index in [1.54, 1.807) is 0 Å². The molecule has 4 N–H and O–H groups in total.